The van der Waals surface area contributed by atoms with Crippen molar-refractivity contribution in [2.24, 2.45) is 0 Å². The Morgan fingerprint density at radius 3 is 2.87 bits per heavy atom. The van der Waals surface area contributed by atoms with Crippen LogP contribution in [0.1, 0.15) is 18.0 Å². The Hall–Kier alpha value is -1.85. The first-order chi connectivity index (χ1) is 7.08. The van der Waals surface area contributed by atoms with Crippen molar-refractivity contribution in [2.75, 3.05) is 6.54 Å². The van der Waals surface area contributed by atoms with Gasteiger partial charge in [-0.25, -0.2) is 4.98 Å². The topological polar surface area (TPSA) is 92.4 Å². The molecule has 1 aromatic rings. The summed E-state index contributed by atoms with van der Waals surface area (Å²) in [6.07, 6.45) is 1.41. The number of aromatic nitrogens is 1. The quantitative estimate of drug-likeness (QED) is 0.723. The molecule has 82 valence electrons. The summed E-state index contributed by atoms with van der Waals surface area (Å²) in [5.74, 6) is -0.902. The van der Waals surface area contributed by atoms with Gasteiger partial charge in [0, 0.05) is 6.54 Å². The van der Waals surface area contributed by atoms with Crippen molar-refractivity contribution in [2.45, 2.75) is 19.8 Å². The molecule has 0 unspecified atom stereocenters. The van der Waals surface area contributed by atoms with Gasteiger partial charge in [-0.2, -0.15) is 0 Å². The molecule has 0 saturated heterocycles. The first-order valence-corrected chi connectivity index (χ1v) is 4.47. The molecule has 2 N–H and O–H groups in total. The van der Waals surface area contributed by atoms with Crippen LogP contribution in [0.25, 0.3) is 0 Å². The van der Waals surface area contributed by atoms with Gasteiger partial charge < -0.3 is 14.8 Å². The van der Waals surface area contributed by atoms with Gasteiger partial charge in [0.1, 0.15) is 12.7 Å². The lowest BCUT2D eigenvalue weighted by Crippen LogP contribution is -2.27. The lowest BCUT2D eigenvalue weighted by Gasteiger charge is -2.00. The van der Waals surface area contributed by atoms with Crippen LogP contribution in [0, 0.1) is 6.92 Å². The summed E-state index contributed by atoms with van der Waals surface area (Å²) in [4.78, 5) is 25.3. The first kappa shape index (κ1) is 11.2. The number of hydrogen-bond donors (Lipinski definition) is 2. The molecule has 0 aromatic carbocycles. The molecule has 6 nitrogen and oxygen atoms in total. The molecule has 0 radical (unpaired) electrons. The minimum atomic E-state index is -0.942. The third-order valence-electron chi connectivity index (χ3n) is 1.64. The molecular formula is C9H12N2O4. The molecule has 0 aliphatic carbocycles. The van der Waals surface area contributed by atoms with Crippen molar-refractivity contribution in [3.8, 4) is 0 Å². The molecule has 0 aliphatic heterocycles. The molecular weight excluding hydrogens is 200 g/mol. The van der Waals surface area contributed by atoms with Crippen LogP contribution in [-0.2, 0) is 16.0 Å². The van der Waals surface area contributed by atoms with Gasteiger partial charge in [0.25, 0.3) is 0 Å². The second-order valence-corrected chi connectivity index (χ2v) is 3.05. The fourth-order valence-corrected chi connectivity index (χ4v) is 0.993. The zero-order valence-electron chi connectivity index (χ0n) is 8.32. The highest BCUT2D eigenvalue weighted by atomic mass is 16.4. The summed E-state index contributed by atoms with van der Waals surface area (Å²) in [5.41, 5.74) is 0.711. The Balaban J connectivity index is 2.27. The van der Waals surface area contributed by atoms with Crippen molar-refractivity contribution in [1.29, 1.82) is 0 Å². The number of carbonyl (C=O) groups excluding carboxylic acids is 1. The number of nitrogens with zero attached hydrogens (tertiary/aromatic N) is 1. The minimum Gasteiger partial charge on any atom is -0.481 e. The SMILES string of the molecule is Cc1coc(CC(=O)NCCC(=O)O)n1. The van der Waals surface area contributed by atoms with Crippen molar-refractivity contribution in [3.63, 3.8) is 0 Å². The average molecular weight is 212 g/mol. The summed E-state index contributed by atoms with van der Waals surface area (Å²) < 4.78 is 4.97. The Bertz CT molecular complexity index is 359. The van der Waals surface area contributed by atoms with Crippen LogP contribution < -0.4 is 5.32 Å². The van der Waals surface area contributed by atoms with E-state index in [0.717, 1.165) is 0 Å². The molecule has 0 bridgehead atoms. The summed E-state index contributed by atoms with van der Waals surface area (Å²) in [5, 5.41) is 10.8. The lowest BCUT2D eigenvalue weighted by atomic mass is 10.3. The highest BCUT2D eigenvalue weighted by molar-refractivity contribution is 5.78. The van der Waals surface area contributed by atoms with E-state index in [-0.39, 0.29) is 25.3 Å². The van der Waals surface area contributed by atoms with Crippen LogP contribution in [0.4, 0.5) is 0 Å². The maximum absolute atomic E-state index is 11.2. The van der Waals surface area contributed by atoms with Crippen molar-refractivity contribution >= 4 is 11.9 Å². The molecule has 0 fully saturated rings. The second kappa shape index (κ2) is 5.14. The van der Waals surface area contributed by atoms with Gasteiger partial charge >= 0.3 is 5.97 Å². The number of carboxylic acid groups (broad SMARTS) is 1. The standard InChI is InChI=1S/C9H12N2O4/c1-6-5-15-8(11-6)4-7(12)10-3-2-9(13)14/h5H,2-4H2,1H3,(H,10,12)(H,13,14). The highest BCUT2D eigenvalue weighted by Gasteiger charge is 2.08. The zero-order valence-corrected chi connectivity index (χ0v) is 8.32. The van der Waals surface area contributed by atoms with Crippen molar-refractivity contribution in [3.05, 3.63) is 17.8 Å². The molecule has 1 amide bonds. The van der Waals surface area contributed by atoms with Crippen molar-refractivity contribution < 1.29 is 19.1 Å². The number of oxazole rings is 1. The van der Waals surface area contributed by atoms with Gasteiger partial charge in [-0.1, -0.05) is 0 Å². The van der Waals surface area contributed by atoms with E-state index in [2.05, 4.69) is 10.3 Å². The number of hydrogen-bond acceptors (Lipinski definition) is 4. The summed E-state index contributed by atoms with van der Waals surface area (Å²) in [6, 6.07) is 0. The summed E-state index contributed by atoms with van der Waals surface area (Å²) in [6.45, 7) is 1.88. The number of aryl methyl sites for hydroxylation is 1. The van der Waals surface area contributed by atoms with Crippen LogP contribution >= 0.6 is 0 Å². The van der Waals surface area contributed by atoms with E-state index in [1.165, 1.54) is 6.26 Å². The summed E-state index contributed by atoms with van der Waals surface area (Å²) in [7, 11) is 0. The third kappa shape index (κ3) is 4.26. The lowest BCUT2D eigenvalue weighted by molar-refractivity contribution is -0.136. The number of rotatable bonds is 5. The molecule has 1 aromatic heterocycles. The van der Waals surface area contributed by atoms with Gasteiger partial charge in [0.2, 0.25) is 11.8 Å². The normalized spacial score (nSPS) is 9.93. The number of nitrogens with one attached hydrogen (secondary N) is 1. The predicted molar refractivity (Wildman–Crippen MR) is 50.2 cm³/mol. The average Bonchev–Trinajstić information content (AvgIpc) is 2.50. The minimum absolute atomic E-state index is 0.0352. The van der Waals surface area contributed by atoms with Gasteiger partial charge in [0.15, 0.2) is 0 Å². The zero-order chi connectivity index (χ0) is 11.3. The maximum atomic E-state index is 11.2. The van der Waals surface area contributed by atoms with E-state index in [0.29, 0.717) is 11.6 Å². The fourth-order valence-electron chi connectivity index (χ4n) is 0.993. The second-order valence-electron chi connectivity index (χ2n) is 3.05. The summed E-state index contributed by atoms with van der Waals surface area (Å²) >= 11 is 0. The van der Waals surface area contributed by atoms with E-state index in [1.807, 2.05) is 0 Å². The molecule has 15 heavy (non-hydrogen) atoms. The largest absolute Gasteiger partial charge is 0.481 e. The molecule has 1 heterocycles. The van der Waals surface area contributed by atoms with Gasteiger partial charge in [-0.15, -0.1) is 0 Å². The van der Waals surface area contributed by atoms with E-state index in [4.69, 9.17) is 9.52 Å². The Morgan fingerprint density at radius 1 is 1.60 bits per heavy atom. The Kier molecular flexibility index (Phi) is 3.84. The number of carboxylic acids is 1. The van der Waals surface area contributed by atoms with Gasteiger partial charge in [-0.3, -0.25) is 9.59 Å². The van der Waals surface area contributed by atoms with Crippen LogP contribution in [0.2, 0.25) is 0 Å². The Labute approximate surface area is 86.3 Å². The monoisotopic (exact) mass is 212 g/mol. The first-order valence-electron chi connectivity index (χ1n) is 4.47. The van der Waals surface area contributed by atoms with Gasteiger partial charge in [-0.05, 0) is 6.92 Å². The molecule has 1 rings (SSSR count). The molecule has 0 spiro atoms. The number of carbonyl (C=O) groups is 2. The maximum Gasteiger partial charge on any atom is 0.305 e. The highest BCUT2D eigenvalue weighted by Crippen LogP contribution is 2.00. The fraction of sp³-hybridized carbons (Fsp3) is 0.444. The van der Waals surface area contributed by atoms with Crippen LogP contribution in [0.15, 0.2) is 10.7 Å². The molecule has 0 aliphatic rings. The third-order valence-corrected chi connectivity index (χ3v) is 1.64. The Morgan fingerprint density at radius 2 is 2.33 bits per heavy atom. The van der Waals surface area contributed by atoms with E-state index in [9.17, 15) is 9.59 Å². The van der Waals surface area contributed by atoms with Crippen LogP contribution in [-0.4, -0.2) is 28.5 Å². The molecule has 0 saturated carbocycles. The number of amides is 1. The van der Waals surface area contributed by atoms with Gasteiger partial charge in [0.05, 0.1) is 12.1 Å². The smallest absolute Gasteiger partial charge is 0.305 e. The number of aliphatic carboxylic acids is 1. The van der Waals surface area contributed by atoms with Crippen molar-refractivity contribution in [1.82, 2.24) is 10.3 Å². The molecule has 0 atom stereocenters. The molecule has 6 heteroatoms. The predicted octanol–water partition coefficient (Wildman–Crippen LogP) is 0.116. The van der Waals surface area contributed by atoms with E-state index < -0.39 is 5.97 Å². The van der Waals surface area contributed by atoms with E-state index >= 15 is 0 Å². The van der Waals surface area contributed by atoms with E-state index in [1.54, 1.807) is 6.92 Å². The van der Waals surface area contributed by atoms with Crippen LogP contribution in [0.5, 0.6) is 0 Å². The van der Waals surface area contributed by atoms with Crippen LogP contribution in [0.3, 0.4) is 0 Å².